The predicted octanol–water partition coefficient (Wildman–Crippen LogP) is 2.50. The van der Waals surface area contributed by atoms with E-state index in [2.05, 4.69) is 50.5 Å². The highest BCUT2D eigenvalue weighted by atomic mass is 16.5. The lowest BCUT2D eigenvalue weighted by Gasteiger charge is -2.34. The number of ether oxygens (including phenoxy) is 1. The number of hydrogen-bond acceptors (Lipinski definition) is 6. The normalized spacial score (nSPS) is 21.4. The molecule has 7 heteroatoms. The smallest absolute Gasteiger partial charge is 0.223 e. The first-order valence-electron chi connectivity index (χ1n) is 10.1. The van der Waals surface area contributed by atoms with Crippen molar-refractivity contribution in [1.82, 2.24) is 24.4 Å². The molecule has 0 radical (unpaired) electrons. The van der Waals surface area contributed by atoms with Gasteiger partial charge in [0.15, 0.2) is 0 Å². The van der Waals surface area contributed by atoms with Gasteiger partial charge in [0.1, 0.15) is 0 Å². The van der Waals surface area contributed by atoms with Gasteiger partial charge in [0.2, 0.25) is 5.95 Å². The predicted molar refractivity (Wildman–Crippen MR) is 110 cm³/mol. The summed E-state index contributed by atoms with van der Waals surface area (Å²) in [5.74, 6) is 0.674. The molecule has 1 aromatic carbocycles. The van der Waals surface area contributed by atoms with E-state index in [-0.39, 0.29) is 5.41 Å². The Labute approximate surface area is 170 Å². The molecule has 3 aromatic rings. The number of likely N-dealkylation sites (tertiary alicyclic amines) is 1. The van der Waals surface area contributed by atoms with E-state index in [0.29, 0.717) is 19.1 Å². The van der Waals surface area contributed by atoms with E-state index in [1.54, 1.807) is 6.33 Å². The number of benzene rings is 1. The molecule has 2 aliphatic rings. The van der Waals surface area contributed by atoms with Crippen molar-refractivity contribution < 1.29 is 4.74 Å². The number of rotatable bonds is 5. The number of anilines is 1. The maximum absolute atomic E-state index is 5.97. The molecule has 0 amide bonds. The van der Waals surface area contributed by atoms with Crippen LogP contribution in [0, 0.1) is 0 Å². The van der Waals surface area contributed by atoms with Gasteiger partial charge < -0.3 is 14.6 Å². The van der Waals surface area contributed by atoms with Crippen molar-refractivity contribution in [2.24, 2.45) is 7.05 Å². The lowest BCUT2D eigenvalue weighted by Crippen LogP contribution is -2.40. The summed E-state index contributed by atoms with van der Waals surface area (Å²) >= 11 is 0. The summed E-state index contributed by atoms with van der Waals surface area (Å²) in [6.07, 6.45) is 6.65. The van der Waals surface area contributed by atoms with Crippen LogP contribution >= 0.6 is 0 Å². The van der Waals surface area contributed by atoms with Gasteiger partial charge in [-0.15, -0.1) is 0 Å². The summed E-state index contributed by atoms with van der Waals surface area (Å²) in [4.78, 5) is 16.2. The molecule has 150 valence electrons. The number of fused-ring (bicyclic) bond motifs is 2. The van der Waals surface area contributed by atoms with Crippen molar-refractivity contribution in [2.45, 2.75) is 31.5 Å². The van der Waals surface area contributed by atoms with Crippen LogP contribution in [0.2, 0.25) is 0 Å². The Morgan fingerprint density at radius 2 is 2.10 bits per heavy atom. The van der Waals surface area contributed by atoms with Gasteiger partial charge >= 0.3 is 0 Å². The van der Waals surface area contributed by atoms with E-state index in [9.17, 15) is 0 Å². The number of aromatic nitrogens is 4. The number of imidazole rings is 1. The molecule has 1 fully saturated rings. The molecular formula is C22H26N6O. The van der Waals surface area contributed by atoms with Crippen LogP contribution in [-0.4, -0.2) is 44.1 Å². The quantitative estimate of drug-likeness (QED) is 0.722. The van der Waals surface area contributed by atoms with E-state index in [4.69, 9.17) is 9.72 Å². The largest absolute Gasteiger partial charge is 0.376 e. The fraction of sp³-hybridized carbons (Fsp3) is 0.409. The molecule has 1 unspecified atom stereocenters. The van der Waals surface area contributed by atoms with Crippen LogP contribution in [0.25, 0.3) is 0 Å². The Hall–Kier alpha value is -2.77. The minimum Gasteiger partial charge on any atom is -0.376 e. The molecule has 7 nitrogen and oxygen atoms in total. The molecule has 4 heterocycles. The van der Waals surface area contributed by atoms with Gasteiger partial charge in [-0.05, 0) is 18.5 Å². The van der Waals surface area contributed by atoms with Crippen molar-refractivity contribution in [1.29, 1.82) is 0 Å². The van der Waals surface area contributed by atoms with Crippen LogP contribution in [0.5, 0.6) is 0 Å². The first-order chi connectivity index (χ1) is 14.2. The van der Waals surface area contributed by atoms with Crippen LogP contribution in [0.1, 0.15) is 28.9 Å². The highest BCUT2D eigenvalue weighted by molar-refractivity contribution is 5.37. The second-order valence-corrected chi connectivity index (χ2v) is 8.14. The van der Waals surface area contributed by atoms with Gasteiger partial charge in [0.25, 0.3) is 0 Å². The molecule has 0 bridgehead atoms. The zero-order chi connectivity index (χ0) is 19.7. The Bertz CT molecular complexity index is 988. The maximum atomic E-state index is 5.97. The third-order valence-electron chi connectivity index (χ3n) is 6.03. The van der Waals surface area contributed by atoms with Crippen LogP contribution in [0.3, 0.4) is 0 Å². The Morgan fingerprint density at radius 3 is 2.93 bits per heavy atom. The average Bonchev–Trinajstić information content (AvgIpc) is 3.34. The van der Waals surface area contributed by atoms with Crippen LogP contribution in [0.4, 0.5) is 5.95 Å². The van der Waals surface area contributed by atoms with Gasteiger partial charge in [-0.25, -0.2) is 15.0 Å². The molecule has 1 spiro atoms. The maximum Gasteiger partial charge on any atom is 0.223 e. The molecule has 2 aromatic heterocycles. The van der Waals surface area contributed by atoms with Crippen molar-refractivity contribution >= 4 is 5.95 Å². The topological polar surface area (TPSA) is 68.1 Å². The second-order valence-electron chi connectivity index (χ2n) is 8.14. The summed E-state index contributed by atoms with van der Waals surface area (Å²) in [6, 6.07) is 10.7. The number of nitrogens with one attached hydrogen (secondary N) is 1. The molecule has 1 saturated heterocycles. The first kappa shape index (κ1) is 18.3. The minimum absolute atomic E-state index is 0.0474. The van der Waals surface area contributed by atoms with Gasteiger partial charge in [-0.3, -0.25) is 4.90 Å². The van der Waals surface area contributed by atoms with E-state index in [0.717, 1.165) is 49.6 Å². The number of nitrogens with zero attached hydrogens (tertiary/aromatic N) is 5. The summed E-state index contributed by atoms with van der Waals surface area (Å²) in [5, 5.41) is 3.36. The summed E-state index contributed by atoms with van der Waals surface area (Å²) in [7, 11) is 1.99. The Kier molecular flexibility index (Phi) is 4.77. The fourth-order valence-electron chi connectivity index (χ4n) is 4.45. The van der Waals surface area contributed by atoms with Gasteiger partial charge in [-0.1, -0.05) is 30.3 Å². The van der Waals surface area contributed by atoms with Crippen LogP contribution in [-0.2, 0) is 36.9 Å². The van der Waals surface area contributed by atoms with Crippen LogP contribution < -0.4 is 5.32 Å². The molecule has 5 rings (SSSR count). The second kappa shape index (κ2) is 7.57. The first-order valence-corrected chi connectivity index (χ1v) is 10.1. The Balaban J connectivity index is 1.35. The van der Waals surface area contributed by atoms with Gasteiger partial charge in [-0.2, -0.15) is 0 Å². The summed E-state index contributed by atoms with van der Waals surface area (Å²) in [6.45, 7) is 4.96. The fourth-order valence-corrected chi connectivity index (χ4v) is 4.45. The third kappa shape index (κ3) is 3.63. The SMILES string of the molecule is Cn1cncc1CNc1ncc2c(n1)C1(CCN(Cc3ccccc3)C1)COC2. The molecule has 0 saturated carbocycles. The van der Waals surface area contributed by atoms with Crippen molar-refractivity contribution in [3.8, 4) is 0 Å². The highest BCUT2D eigenvalue weighted by Crippen LogP contribution is 2.39. The summed E-state index contributed by atoms with van der Waals surface area (Å²) in [5.41, 5.74) is 4.67. The molecule has 1 N–H and O–H groups in total. The lowest BCUT2D eigenvalue weighted by atomic mass is 9.80. The Morgan fingerprint density at radius 1 is 1.21 bits per heavy atom. The molecule has 0 aliphatic carbocycles. The minimum atomic E-state index is -0.0474. The third-order valence-corrected chi connectivity index (χ3v) is 6.03. The van der Waals surface area contributed by atoms with Crippen molar-refractivity contribution in [3.63, 3.8) is 0 Å². The van der Waals surface area contributed by atoms with E-state index < -0.39 is 0 Å². The van der Waals surface area contributed by atoms with Crippen LogP contribution in [0.15, 0.2) is 49.1 Å². The van der Waals surface area contributed by atoms with Crippen molar-refractivity contribution in [3.05, 3.63) is 71.6 Å². The van der Waals surface area contributed by atoms with Crippen molar-refractivity contribution in [2.75, 3.05) is 25.0 Å². The van der Waals surface area contributed by atoms with E-state index in [1.807, 2.05) is 24.0 Å². The molecule has 2 aliphatic heterocycles. The molecule has 29 heavy (non-hydrogen) atoms. The standard InChI is InChI=1S/C22H26N6O/c1-27-16-23-10-19(27)11-25-21-24-9-18-13-29-15-22(20(18)26-21)7-8-28(14-22)12-17-5-3-2-4-6-17/h2-6,9-10,16H,7-8,11-15H2,1H3,(H,24,25,26). The van der Waals surface area contributed by atoms with Gasteiger partial charge in [0, 0.05) is 38.1 Å². The number of aryl methyl sites for hydroxylation is 1. The average molecular weight is 390 g/mol. The van der Waals surface area contributed by atoms with Gasteiger partial charge in [0.05, 0.1) is 42.9 Å². The molecular weight excluding hydrogens is 364 g/mol. The zero-order valence-electron chi connectivity index (χ0n) is 16.7. The zero-order valence-corrected chi connectivity index (χ0v) is 16.7. The van der Waals surface area contributed by atoms with E-state index >= 15 is 0 Å². The highest BCUT2D eigenvalue weighted by Gasteiger charge is 2.44. The van der Waals surface area contributed by atoms with E-state index in [1.165, 1.54) is 5.56 Å². The summed E-state index contributed by atoms with van der Waals surface area (Å²) < 4.78 is 7.97. The molecule has 1 atom stereocenters. The number of hydrogen-bond donors (Lipinski definition) is 1. The monoisotopic (exact) mass is 390 g/mol. The lowest BCUT2D eigenvalue weighted by molar-refractivity contribution is 0.0503.